The van der Waals surface area contributed by atoms with Gasteiger partial charge >= 0.3 is 0 Å². The van der Waals surface area contributed by atoms with Gasteiger partial charge in [-0.15, -0.1) is 0 Å². The topological polar surface area (TPSA) is 39.4 Å². The molecule has 1 aliphatic rings. The molecule has 0 aliphatic carbocycles. The Labute approximate surface area is 122 Å². The SMILES string of the molecule is CCn1cc(C2=NC(COCC[Si](C)(C)C)C=C2)cn1. The van der Waals surface area contributed by atoms with Gasteiger partial charge in [0.15, 0.2) is 0 Å². The molecule has 1 atom stereocenters. The minimum Gasteiger partial charge on any atom is -0.379 e. The molecule has 0 aromatic carbocycles. The van der Waals surface area contributed by atoms with Crippen molar-refractivity contribution in [1.82, 2.24) is 9.78 Å². The van der Waals surface area contributed by atoms with Crippen molar-refractivity contribution in [1.29, 1.82) is 0 Å². The Bertz CT molecular complexity index is 499. The zero-order chi connectivity index (χ0) is 14.6. The van der Waals surface area contributed by atoms with Crippen molar-refractivity contribution < 1.29 is 4.74 Å². The maximum Gasteiger partial charge on any atom is 0.0924 e. The number of nitrogens with zero attached hydrogens (tertiary/aromatic N) is 3. The van der Waals surface area contributed by atoms with Crippen LogP contribution in [0.5, 0.6) is 0 Å². The standard InChI is InChI=1S/C15H25N3OSi/c1-5-18-11-13(10-16-18)15-7-6-14(17-15)12-19-8-9-20(2,3)4/h6-7,10-11,14H,5,8-9,12H2,1-4H3. The van der Waals surface area contributed by atoms with E-state index in [-0.39, 0.29) is 6.04 Å². The molecule has 2 rings (SSSR count). The van der Waals surface area contributed by atoms with Gasteiger partial charge in [0.1, 0.15) is 0 Å². The van der Waals surface area contributed by atoms with Crippen LogP contribution in [-0.2, 0) is 11.3 Å². The molecule has 0 saturated heterocycles. The first-order valence-corrected chi connectivity index (χ1v) is 11.1. The highest BCUT2D eigenvalue weighted by atomic mass is 28.3. The third-order valence-corrected chi connectivity index (χ3v) is 5.02. The van der Waals surface area contributed by atoms with Gasteiger partial charge in [0, 0.05) is 33.0 Å². The number of rotatable bonds is 7. The molecular weight excluding hydrogens is 266 g/mol. The second-order valence-corrected chi connectivity index (χ2v) is 12.0. The van der Waals surface area contributed by atoms with E-state index in [0.29, 0.717) is 6.61 Å². The van der Waals surface area contributed by atoms with E-state index in [4.69, 9.17) is 4.74 Å². The van der Waals surface area contributed by atoms with E-state index in [1.807, 2.05) is 17.1 Å². The summed E-state index contributed by atoms with van der Waals surface area (Å²) < 4.78 is 7.68. The van der Waals surface area contributed by atoms with Crippen LogP contribution >= 0.6 is 0 Å². The van der Waals surface area contributed by atoms with Gasteiger partial charge < -0.3 is 4.74 Å². The molecular formula is C15H25N3OSi. The molecule has 20 heavy (non-hydrogen) atoms. The number of ether oxygens (including phenoxy) is 1. The molecule has 1 aromatic heterocycles. The molecule has 0 radical (unpaired) electrons. The minimum atomic E-state index is -0.991. The van der Waals surface area contributed by atoms with Crippen molar-refractivity contribution in [3.63, 3.8) is 0 Å². The molecule has 4 nitrogen and oxygen atoms in total. The summed E-state index contributed by atoms with van der Waals surface area (Å²) in [4.78, 5) is 4.68. The smallest absolute Gasteiger partial charge is 0.0924 e. The third-order valence-electron chi connectivity index (χ3n) is 3.32. The maximum absolute atomic E-state index is 5.76. The van der Waals surface area contributed by atoms with Gasteiger partial charge in [-0.2, -0.15) is 5.10 Å². The first-order valence-electron chi connectivity index (χ1n) is 7.34. The Morgan fingerprint density at radius 2 is 2.15 bits per heavy atom. The monoisotopic (exact) mass is 291 g/mol. The van der Waals surface area contributed by atoms with Gasteiger partial charge in [-0.3, -0.25) is 9.67 Å². The van der Waals surface area contributed by atoms with Crippen LogP contribution in [0.1, 0.15) is 12.5 Å². The molecule has 5 heteroatoms. The summed E-state index contributed by atoms with van der Waals surface area (Å²) >= 11 is 0. The second kappa shape index (κ2) is 6.50. The number of allylic oxidation sites excluding steroid dienone is 1. The molecule has 1 aliphatic heterocycles. The fraction of sp³-hybridized carbons (Fsp3) is 0.600. The number of aromatic nitrogens is 2. The highest BCUT2D eigenvalue weighted by Gasteiger charge is 2.15. The van der Waals surface area contributed by atoms with Gasteiger partial charge in [0.25, 0.3) is 0 Å². The van der Waals surface area contributed by atoms with Gasteiger partial charge in [0.05, 0.1) is 24.6 Å². The van der Waals surface area contributed by atoms with Crippen molar-refractivity contribution in [2.24, 2.45) is 4.99 Å². The molecule has 0 saturated carbocycles. The van der Waals surface area contributed by atoms with E-state index >= 15 is 0 Å². The fourth-order valence-electron chi connectivity index (χ4n) is 1.98. The molecule has 0 bridgehead atoms. The summed E-state index contributed by atoms with van der Waals surface area (Å²) in [5.41, 5.74) is 2.11. The van der Waals surface area contributed by atoms with Crippen molar-refractivity contribution >= 4 is 13.8 Å². The minimum absolute atomic E-state index is 0.164. The average molecular weight is 291 g/mol. The van der Waals surface area contributed by atoms with Crippen molar-refractivity contribution in [2.75, 3.05) is 13.2 Å². The van der Waals surface area contributed by atoms with Crippen LogP contribution in [-0.4, -0.2) is 42.8 Å². The van der Waals surface area contributed by atoms with E-state index < -0.39 is 8.07 Å². The summed E-state index contributed by atoms with van der Waals surface area (Å²) in [7, 11) is -0.991. The van der Waals surface area contributed by atoms with Crippen molar-refractivity contribution in [3.05, 3.63) is 30.1 Å². The van der Waals surface area contributed by atoms with E-state index in [9.17, 15) is 0 Å². The molecule has 0 N–H and O–H groups in total. The number of hydrogen-bond acceptors (Lipinski definition) is 3. The first-order chi connectivity index (χ1) is 9.48. The zero-order valence-electron chi connectivity index (χ0n) is 13.0. The average Bonchev–Trinajstić information content (AvgIpc) is 3.02. The van der Waals surface area contributed by atoms with Crippen LogP contribution in [0.25, 0.3) is 0 Å². The summed E-state index contributed by atoms with van der Waals surface area (Å²) in [6.07, 6.45) is 8.11. The Balaban J connectivity index is 1.80. The fourth-order valence-corrected chi connectivity index (χ4v) is 2.74. The lowest BCUT2D eigenvalue weighted by Gasteiger charge is -2.15. The molecule has 0 fully saturated rings. The molecule has 0 amide bonds. The van der Waals surface area contributed by atoms with Crippen LogP contribution in [0.4, 0.5) is 0 Å². The van der Waals surface area contributed by atoms with E-state index in [1.165, 1.54) is 6.04 Å². The summed E-state index contributed by atoms with van der Waals surface area (Å²) in [5.74, 6) is 0. The van der Waals surface area contributed by atoms with E-state index in [2.05, 4.69) is 48.8 Å². The molecule has 1 unspecified atom stereocenters. The highest BCUT2D eigenvalue weighted by Crippen LogP contribution is 2.13. The highest BCUT2D eigenvalue weighted by molar-refractivity contribution is 6.76. The Kier molecular flexibility index (Phi) is 4.94. The lowest BCUT2D eigenvalue weighted by Crippen LogP contribution is -2.22. The maximum atomic E-state index is 5.76. The van der Waals surface area contributed by atoms with Crippen LogP contribution < -0.4 is 0 Å². The summed E-state index contributed by atoms with van der Waals surface area (Å²) in [6, 6.07) is 1.38. The molecule has 1 aromatic rings. The van der Waals surface area contributed by atoms with Crippen LogP contribution in [0.15, 0.2) is 29.5 Å². The van der Waals surface area contributed by atoms with Crippen molar-refractivity contribution in [3.8, 4) is 0 Å². The molecule has 110 valence electrons. The number of aryl methyl sites for hydroxylation is 1. The van der Waals surface area contributed by atoms with Gasteiger partial charge in [0.2, 0.25) is 0 Å². The van der Waals surface area contributed by atoms with Gasteiger partial charge in [-0.05, 0) is 19.0 Å². The predicted octanol–water partition coefficient (Wildman–Crippen LogP) is 2.99. The Morgan fingerprint density at radius 3 is 2.80 bits per heavy atom. The summed E-state index contributed by atoms with van der Waals surface area (Å²) in [5, 5.41) is 4.28. The lowest BCUT2D eigenvalue weighted by molar-refractivity contribution is 0.143. The van der Waals surface area contributed by atoms with E-state index in [1.54, 1.807) is 0 Å². The quantitative estimate of drug-likeness (QED) is 0.572. The largest absolute Gasteiger partial charge is 0.379 e. The van der Waals surface area contributed by atoms with Crippen LogP contribution in [0.3, 0.4) is 0 Å². The molecule has 0 spiro atoms. The zero-order valence-corrected chi connectivity index (χ0v) is 14.0. The Hall–Kier alpha value is -1.20. The van der Waals surface area contributed by atoms with Crippen LogP contribution in [0.2, 0.25) is 25.7 Å². The second-order valence-electron chi connectivity index (χ2n) is 6.41. The predicted molar refractivity (Wildman–Crippen MR) is 86.3 cm³/mol. The number of aliphatic imine (C=N–C) groups is 1. The van der Waals surface area contributed by atoms with Crippen LogP contribution in [0, 0.1) is 0 Å². The first kappa shape index (κ1) is 15.2. The lowest BCUT2D eigenvalue weighted by atomic mass is 10.2. The van der Waals surface area contributed by atoms with Gasteiger partial charge in [-0.1, -0.05) is 25.7 Å². The Morgan fingerprint density at radius 1 is 1.35 bits per heavy atom. The van der Waals surface area contributed by atoms with Gasteiger partial charge in [-0.25, -0.2) is 0 Å². The third kappa shape index (κ3) is 4.42. The number of hydrogen-bond donors (Lipinski definition) is 0. The normalized spacial score (nSPS) is 18.6. The van der Waals surface area contributed by atoms with E-state index in [0.717, 1.165) is 24.4 Å². The summed E-state index contributed by atoms with van der Waals surface area (Å²) in [6.45, 7) is 11.6. The molecule has 2 heterocycles. The van der Waals surface area contributed by atoms with Crippen molar-refractivity contribution in [2.45, 2.75) is 45.2 Å².